The molecule has 0 aromatic heterocycles. The highest BCUT2D eigenvalue weighted by Crippen LogP contribution is 2.16. The van der Waals surface area contributed by atoms with Crippen molar-refractivity contribution in [3.05, 3.63) is 29.8 Å². The fourth-order valence-electron chi connectivity index (χ4n) is 1.45. The summed E-state index contributed by atoms with van der Waals surface area (Å²) in [6.45, 7) is 1.01. The summed E-state index contributed by atoms with van der Waals surface area (Å²) in [5, 5.41) is 0. The van der Waals surface area contributed by atoms with Gasteiger partial charge < -0.3 is 9.47 Å². The Hall–Kier alpha value is -1.56. The Kier molecular flexibility index (Phi) is 6.51. The summed E-state index contributed by atoms with van der Waals surface area (Å²) in [6, 6.07) is 6.52. The van der Waals surface area contributed by atoms with Crippen molar-refractivity contribution in [2.45, 2.75) is 25.9 Å². The van der Waals surface area contributed by atoms with Gasteiger partial charge in [0.15, 0.2) is 5.78 Å². The van der Waals surface area contributed by atoms with Crippen molar-refractivity contribution < 1.29 is 27.4 Å². The van der Waals surface area contributed by atoms with Crippen LogP contribution in [0.3, 0.4) is 0 Å². The van der Waals surface area contributed by atoms with E-state index in [1.54, 1.807) is 24.3 Å². The highest BCUT2D eigenvalue weighted by molar-refractivity contribution is 5.96. The first-order chi connectivity index (χ1) is 9.42. The second-order valence-electron chi connectivity index (χ2n) is 4.21. The Morgan fingerprint density at radius 1 is 1.15 bits per heavy atom. The zero-order chi connectivity index (χ0) is 15.0. The molecule has 20 heavy (non-hydrogen) atoms. The fourth-order valence-corrected chi connectivity index (χ4v) is 1.45. The number of Topliss-reactive ketones (excluding diaryl/α,β-unsaturated/α-hetero) is 1. The van der Waals surface area contributed by atoms with Crippen LogP contribution in [0.2, 0.25) is 0 Å². The van der Waals surface area contributed by atoms with E-state index in [1.165, 1.54) is 0 Å². The van der Waals surface area contributed by atoms with Gasteiger partial charge in [-0.05, 0) is 30.7 Å². The molecule has 0 saturated carbocycles. The van der Waals surface area contributed by atoms with Gasteiger partial charge in [-0.3, -0.25) is 4.79 Å². The maximum Gasteiger partial charge on any atom is 0.411 e. The lowest BCUT2D eigenvalue weighted by molar-refractivity contribution is -0.173. The van der Waals surface area contributed by atoms with Gasteiger partial charge in [0.2, 0.25) is 0 Å². The summed E-state index contributed by atoms with van der Waals surface area (Å²) in [4.78, 5) is 11.7. The van der Waals surface area contributed by atoms with Crippen molar-refractivity contribution in [1.82, 2.24) is 0 Å². The van der Waals surface area contributed by atoms with Crippen LogP contribution in [0, 0.1) is 0 Å². The van der Waals surface area contributed by atoms with E-state index in [0.29, 0.717) is 17.9 Å². The van der Waals surface area contributed by atoms with Crippen molar-refractivity contribution in [2.75, 3.05) is 19.8 Å². The SMILES string of the molecule is CCCOc1ccc(C(=O)CCOCC(F)(F)F)cc1. The molecule has 0 bridgehead atoms. The first kappa shape index (κ1) is 16.5. The summed E-state index contributed by atoms with van der Waals surface area (Å²) in [7, 11) is 0. The quantitative estimate of drug-likeness (QED) is 0.542. The number of hydrogen-bond donors (Lipinski definition) is 0. The average Bonchev–Trinajstić information content (AvgIpc) is 2.40. The Bertz CT molecular complexity index is 413. The van der Waals surface area contributed by atoms with Gasteiger partial charge in [-0.2, -0.15) is 13.2 Å². The van der Waals surface area contributed by atoms with E-state index in [4.69, 9.17) is 4.74 Å². The van der Waals surface area contributed by atoms with Gasteiger partial charge in [-0.1, -0.05) is 6.92 Å². The summed E-state index contributed by atoms with van der Waals surface area (Å²) in [6.07, 6.45) is -3.55. The van der Waals surface area contributed by atoms with Crippen LogP contribution in [-0.2, 0) is 4.74 Å². The molecular formula is C14H17F3O3. The van der Waals surface area contributed by atoms with Crippen molar-refractivity contribution in [3.8, 4) is 5.75 Å². The molecule has 0 saturated heterocycles. The topological polar surface area (TPSA) is 35.5 Å². The molecule has 0 spiro atoms. The third-order valence-corrected chi connectivity index (χ3v) is 2.39. The monoisotopic (exact) mass is 290 g/mol. The molecule has 112 valence electrons. The number of hydrogen-bond acceptors (Lipinski definition) is 3. The first-order valence-corrected chi connectivity index (χ1v) is 6.33. The lowest BCUT2D eigenvalue weighted by Crippen LogP contribution is -2.18. The molecule has 0 amide bonds. The molecule has 0 unspecified atom stereocenters. The number of carbonyl (C=O) groups excluding carboxylic acids is 1. The molecule has 6 heteroatoms. The molecule has 0 N–H and O–H groups in total. The van der Waals surface area contributed by atoms with Crippen LogP contribution in [0.15, 0.2) is 24.3 Å². The number of carbonyl (C=O) groups is 1. The second kappa shape index (κ2) is 7.89. The normalized spacial score (nSPS) is 11.4. The third-order valence-electron chi connectivity index (χ3n) is 2.39. The minimum atomic E-state index is -4.36. The number of benzene rings is 1. The zero-order valence-corrected chi connectivity index (χ0v) is 11.2. The predicted molar refractivity (Wildman–Crippen MR) is 68.0 cm³/mol. The molecular weight excluding hydrogens is 273 g/mol. The van der Waals surface area contributed by atoms with Crippen LogP contribution in [0.4, 0.5) is 13.2 Å². The minimum absolute atomic E-state index is 0.0781. The summed E-state index contributed by atoms with van der Waals surface area (Å²) >= 11 is 0. The Labute approximate surface area is 115 Å². The molecule has 0 aliphatic rings. The number of halogens is 3. The van der Waals surface area contributed by atoms with Crippen LogP contribution in [-0.4, -0.2) is 31.8 Å². The van der Waals surface area contributed by atoms with Crippen LogP contribution in [0.25, 0.3) is 0 Å². The maximum absolute atomic E-state index is 11.8. The van der Waals surface area contributed by atoms with E-state index < -0.39 is 12.8 Å². The summed E-state index contributed by atoms with van der Waals surface area (Å²) in [5.74, 6) is 0.408. The highest BCUT2D eigenvalue weighted by atomic mass is 19.4. The van der Waals surface area contributed by atoms with Gasteiger partial charge in [0.05, 0.1) is 13.2 Å². The standard InChI is InChI=1S/C14H17F3O3/c1-2-8-20-12-5-3-11(4-6-12)13(18)7-9-19-10-14(15,16)17/h3-6H,2,7-10H2,1H3. The van der Waals surface area contributed by atoms with E-state index in [1.807, 2.05) is 6.92 Å². The Morgan fingerprint density at radius 3 is 2.35 bits per heavy atom. The van der Waals surface area contributed by atoms with E-state index in [-0.39, 0.29) is 18.8 Å². The number of rotatable bonds is 8. The van der Waals surface area contributed by atoms with E-state index in [9.17, 15) is 18.0 Å². The average molecular weight is 290 g/mol. The van der Waals surface area contributed by atoms with Gasteiger partial charge in [0.25, 0.3) is 0 Å². The first-order valence-electron chi connectivity index (χ1n) is 6.33. The van der Waals surface area contributed by atoms with Crippen molar-refractivity contribution in [3.63, 3.8) is 0 Å². The number of ketones is 1. The smallest absolute Gasteiger partial charge is 0.411 e. The molecule has 3 nitrogen and oxygen atoms in total. The molecule has 0 heterocycles. The fraction of sp³-hybridized carbons (Fsp3) is 0.500. The largest absolute Gasteiger partial charge is 0.494 e. The Morgan fingerprint density at radius 2 is 1.80 bits per heavy atom. The molecule has 1 aromatic rings. The van der Waals surface area contributed by atoms with Gasteiger partial charge in [0.1, 0.15) is 12.4 Å². The van der Waals surface area contributed by atoms with Gasteiger partial charge in [0, 0.05) is 12.0 Å². The molecule has 1 aromatic carbocycles. The summed E-state index contributed by atoms with van der Waals surface area (Å²) in [5.41, 5.74) is 0.435. The van der Waals surface area contributed by atoms with Gasteiger partial charge >= 0.3 is 6.18 Å². The van der Waals surface area contributed by atoms with Crippen molar-refractivity contribution >= 4 is 5.78 Å². The van der Waals surface area contributed by atoms with Crippen molar-refractivity contribution in [2.24, 2.45) is 0 Å². The molecule has 0 radical (unpaired) electrons. The minimum Gasteiger partial charge on any atom is -0.494 e. The molecule has 0 aliphatic carbocycles. The van der Waals surface area contributed by atoms with Crippen LogP contribution >= 0.6 is 0 Å². The maximum atomic E-state index is 11.8. The second-order valence-corrected chi connectivity index (χ2v) is 4.21. The highest BCUT2D eigenvalue weighted by Gasteiger charge is 2.27. The molecule has 1 rings (SSSR count). The molecule has 0 atom stereocenters. The van der Waals surface area contributed by atoms with Crippen LogP contribution in [0.5, 0.6) is 5.75 Å². The van der Waals surface area contributed by atoms with Crippen molar-refractivity contribution in [1.29, 1.82) is 0 Å². The third kappa shape index (κ3) is 6.56. The lowest BCUT2D eigenvalue weighted by atomic mass is 10.1. The van der Waals surface area contributed by atoms with Gasteiger partial charge in [-0.15, -0.1) is 0 Å². The zero-order valence-electron chi connectivity index (χ0n) is 11.2. The van der Waals surface area contributed by atoms with Crippen LogP contribution < -0.4 is 4.74 Å². The van der Waals surface area contributed by atoms with E-state index >= 15 is 0 Å². The van der Waals surface area contributed by atoms with E-state index in [2.05, 4.69) is 4.74 Å². The predicted octanol–water partition coefficient (Wildman–Crippen LogP) is 3.63. The molecule has 0 aliphatic heterocycles. The van der Waals surface area contributed by atoms with Gasteiger partial charge in [-0.25, -0.2) is 0 Å². The summed E-state index contributed by atoms with van der Waals surface area (Å²) < 4.78 is 45.2. The van der Waals surface area contributed by atoms with Crippen LogP contribution in [0.1, 0.15) is 30.1 Å². The lowest BCUT2D eigenvalue weighted by Gasteiger charge is -2.08. The Balaban J connectivity index is 2.36. The van der Waals surface area contributed by atoms with E-state index in [0.717, 1.165) is 6.42 Å². The number of ether oxygens (including phenoxy) is 2. The number of alkyl halides is 3. The molecule has 0 fully saturated rings.